The van der Waals surface area contributed by atoms with Gasteiger partial charge in [-0.2, -0.15) is 0 Å². The van der Waals surface area contributed by atoms with Crippen LogP contribution < -0.4 is 0 Å². The molecule has 0 aromatic rings. The van der Waals surface area contributed by atoms with Crippen LogP contribution in [0.2, 0.25) is 0 Å². The molecule has 0 aromatic carbocycles. The molecule has 1 aliphatic rings. The van der Waals surface area contributed by atoms with Crippen LogP contribution >= 0.6 is 11.8 Å². The van der Waals surface area contributed by atoms with Crippen molar-refractivity contribution in [2.24, 2.45) is 4.99 Å². The van der Waals surface area contributed by atoms with Gasteiger partial charge in [-0.15, -0.1) is 11.8 Å². The largest absolute Gasteiger partial charge is 0.481 e. The molecule has 1 rings (SSSR count). The van der Waals surface area contributed by atoms with Crippen molar-refractivity contribution >= 4 is 23.3 Å². The van der Waals surface area contributed by atoms with Crippen molar-refractivity contribution in [2.45, 2.75) is 12.5 Å². The monoisotopic (exact) mass is 145 g/mol. The zero-order valence-corrected chi connectivity index (χ0v) is 5.60. The van der Waals surface area contributed by atoms with Crippen LogP contribution in [0.25, 0.3) is 0 Å². The Bertz CT molecular complexity index is 146. The van der Waals surface area contributed by atoms with Gasteiger partial charge in [0.2, 0.25) is 0 Å². The van der Waals surface area contributed by atoms with E-state index in [0.717, 1.165) is 5.75 Å². The van der Waals surface area contributed by atoms with E-state index in [2.05, 4.69) is 4.99 Å². The van der Waals surface area contributed by atoms with Gasteiger partial charge in [0.1, 0.15) is 0 Å². The summed E-state index contributed by atoms with van der Waals surface area (Å²) in [6.07, 6.45) is 0.170. The van der Waals surface area contributed by atoms with E-state index in [1.54, 1.807) is 17.3 Å². The summed E-state index contributed by atoms with van der Waals surface area (Å²) in [6, 6.07) is 0.0208. The molecule has 0 saturated heterocycles. The second-order valence-corrected chi connectivity index (χ2v) is 2.72. The average molecular weight is 145 g/mol. The van der Waals surface area contributed by atoms with Crippen LogP contribution in [0.3, 0.4) is 0 Å². The summed E-state index contributed by atoms with van der Waals surface area (Å²) >= 11 is 1.57. The molecular formula is C5H7NO2S. The fourth-order valence-corrected chi connectivity index (χ4v) is 1.41. The summed E-state index contributed by atoms with van der Waals surface area (Å²) in [7, 11) is 0. The number of aliphatic imine (C=N–C) groups is 1. The predicted molar refractivity (Wildman–Crippen MR) is 37.0 cm³/mol. The molecule has 0 fully saturated rings. The predicted octanol–water partition coefficient (Wildman–Crippen LogP) is 0.605. The number of rotatable bonds is 2. The second-order valence-electron chi connectivity index (χ2n) is 1.84. The maximum atomic E-state index is 10.1. The number of carboxylic acids is 1. The molecule has 0 bridgehead atoms. The molecule has 0 spiro atoms. The standard InChI is InChI=1S/C5H7NO2S/c7-5(8)1-4-2-9-3-6-4/h3-4H,1-2H2,(H,7,8). The third-order valence-electron chi connectivity index (χ3n) is 1.05. The van der Waals surface area contributed by atoms with E-state index in [0.29, 0.717) is 0 Å². The molecule has 9 heavy (non-hydrogen) atoms. The van der Waals surface area contributed by atoms with Gasteiger partial charge in [-0.1, -0.05) is 0 Å². The lowest BCUT2D eigenvalue weighted by molar-refractivity contribution is -0.137. The minimum atomic E-state index is -0.764. The van der Waals surface area contributed by atoms with Crippen molar-refractivity contribution in [1.82, 2.24) is 0 Å². The lowest BCUT2D eigenvalue weighted by Crippen LogP contribution is -2.10. The number of hydrogen-bond acceptors (Lipinski definition) is 3. The molecule has 0 radical (unpaired) electrons. The smallest absolute Gasteiger partial charge is 0.305 e. The fourth-order valence-electron chi connectivity index (χ4n) is 0.639. The van der Waals surface area contributed by atoms with E-state index in [-0.39, 0.29) is 12.5 Å². The third kappa shape index (κ3) is 2.05. The normalized spacial score (nSPS) is 24.7. The first kappa shape index (κ1) is 6.61. The lowest BCUT2D eigenvalue weighted by atomic mass is 10.2. The van der Waals surface area contributed by atoms with Crippen LogP contribution in [0.4, 0.5) is 0 Å². The summed E-state index contributed by atoms with van der Waals surface area (Å²) < 4.78 is 0. The number of carboxylic acid groups (broad SMARTS) is 1. The van der Waals surface area contributed by atoms with Gasteiger partial charge in [-0.3, -0.25) is 9.79 Å². The number of hydrogen-bond donors (Lipinski definition) is 1. The van der Waals surface area contributed by atoms with Gasteiger partial charge in [-0.05, 0) is 0 Å². The van der Waals surface area contributed by atoms with Crippen molar-refractivity contribution in [1.29, 1.82) is 0 Å². The maximum Gasteiger partial charge on any atom is 0.305 e. The number of carbonyl (C=O) groups is 1. The Morgan fingerprint density at radius 2 is 2.78 bits per heavy atom. The van der Waals surface area contributed by atoms with Crippen LogP contribution in [0.1, 0.15) is 6.42 Å². The summed E-state index contributed by atoms with van der Waals surface area (Å²) in [4.78, 5) is 14.0. The molecule has 3 nitrogen and oxygen atoms in total. The molecular weight excluding hydrogens is 138 g/mol. The Labute approximate surface area is 57.2 Å². The Morgan fingerprint density at radius 1 is 2.00 bits per heavy atom. The van der Waals surface area contributed by atoms with Gasteiger partial charge in [-0.25, -0.2) is 0 Å². The van der Waals surface area contributed by atoms with Crippen molar-refractivity contribution in [3.8, 4) is 0 Å². The number of nitrogens with zero attached hydrogens (tertiary/aromatic N) is 1. The van der Waals surface area contributed by atoms with Gasteiger partial charge >= 0.3 is 5.97 Å². The molecule has 0 aromatic heterocycles. The molecule has 1 aliphatic heterocycles. The Balaban J connectivity index is 2.28. The SMILES string of the molecule is O=C(O)CC1CSC=N1. The van der Waals surface area contributed by atoms with Crippen LogP contribution in [0, 0.1) is 0 Å². The van der Waals surface area contributed by atoms with Gasteiger partial charge in [0, 0.05) is 5.75 Å². The third-order valence-corrected chi connectivity index (χ3v) is 1.89. The zero-order chi connectivity index (χ0) is 6.69. The highest BCUT2D eigenvalue weighted by atomic mass is 32.2. The van der Waals surface area contributed by atoms with Crippen LogP contribution in [-0.4, -0.2) is 28.4 Å². The Hall–Kier alpha value is -0.510. The minimum absolute atomic E-state index is 0.0208. The Morgan fingerprint density at radius 3 is 3.22 bits per heavy atom. The van der Waals surface area contributed by atoms with Crippen molar-refractivity contribution in [3.05, 3.63) is 0 Å². The van der Waals surface area contributed by atoms with Crippen LogP contribution in [-0.2, 0) is 4.79 Å². The van der Waals surface area contributed by atoms with E-state index in [1.807, 2.05) is 0 Å². The van der Waals surface area contributed by atoms with Gasteiger partial charge in [0.05, 0.1) is 18.0 Å². The lowest BCUT2D eigenvalue weighted by Gasteiger charge is -1.98. The molecule has 0 aliphatic carbocycles. The highest BCUT2D eigenvalue weighted by Gasteiger charge is 2.13. The molecule has 0 saturated carbocycles. The van der Waals surface area contributed by atoms with Crippen molar-refractivity contribution in [3.63, 3.8) is 0 Å². The first-order valence-electron chi connectivity index (χ1n) is 2.64. The first-order chi connectivity index (χ1) is 4.29. The van der Waals surface area contributed by atoms with Gasteiger partial charge in [0.25, 0.3) is 0 Å². The highest BCUT2D eigenvalue weighted by molar-refractivity contribution is 8.12. The van der Waals surface area contributed by atoms with Gasteiger partial charge < -0.3 is 5.11 Å². The van der Waals surface area contributed by atoms with E-state index in [1.165, 1.54) is 0 Å². The fraction of sp³-hybridized carbons (Fsp3) is 0.600. The topological polar surface area (TPSA) is 49.7 Å². The number of aliphatic carboxylic acids is 1. The van der Waals surface area contributed by atoms with E-state index in [9.17, 15) is 4.79 Å². The summed E-state index contributed by atoms with van der Waals surface area (Å²) in [5.41, 5.74) is 1.72. The summed E-state index contributed by atoms with van der Waals surface area (Å²) in [5.74, 6) is 0.0615. The first-order valence-corrected chi connectivity index (χ1v) is 3.69. The second kappa shape index (κ2) is 2.87. The molecule has 1 heterocycles. The zero-order valence-electron chi connectivity index (χ0n) is 4.78. The molecule has 0 amide bonds. The molecule has 1 N–H and O–H groups in total. The van der Waals surface area contributed by atoms with Gasteiger partial charge in [0.15, 0.2) is 0 Å². The molecule has 1 atom stereocenters. The van der Waals surface area contributed by atoms with Crippen molar-refractivity contribution in [2.75, 3.05) is 5.75 Å². The number of thioether (sulfide) groups is 1. The van der Waals surface area contributed by atoms with E-state index < -0.39 is 5.97 Å². The van der Waals surface area contributed by atoms with Crippen LogP contribution in [0.5, 0.6) is 0 Å². The Kier molecular flexibility index (Phi) is 2.10. The summed E-state index contributed by atoms with van der Waals surface area (Å²) in [6.45, 7) is 0. The maximum absolute atomic E-state index is 10.1. The molecule has 50 valence electrons. The van der Waals surface area contributed by atoms with E-state index in [4.69, 9.17) is 5.11 Å². The average Bonchev–Trinajstić information content (AvgIpc) is 2.15. The van der Waals surface area contributed by atoms with E-state index >= 15 is 0 Å². The summed E-state index contributed by atoms with van der Waals surface area (Å²) in [5, 5.41) is 8.29. The minimum Gasteiger partial charge on any atom is -0.481 e. The molecule has 4 heteroatoms. The van der Waals surface area contributed by atoms with Crippen molar-refractivity contribution < 1.29 is 9.90 Å². The highest BCUT2D eigenvalue weighted by Crippen LogP contribution is 2.13. The molecule has 1 unspecified atom stereocenters. The van der Waals surface area contributed by atoms with Crippen LogP contribution in [0.15, 0.2) is 4.99 Å². The quantitative estimate of drug-likeness (QED) is 0.619.